The number of nitrogens with one attached hydrogen (secondary N) is 2. The molecule has 1 heterocycles. The summed E-state index contributed by atoms with van der Waals surface area (Å²) in [6.45, 7) is 8.18. The maximum atomic E-state index is 14.4. The Bertz CT molecular complexity index is 1140. The van der Waals surface area contributed by atoms with Gasteiger partial charge < -0.3 is 10.1 Å². The quantitative estimate of drug-likeness (QED) is 0.561. The fourth-order valence-electron chi connectivity index (χ4n) is 3.86. The number of carbonyl (C=O) groups excluding carboxylic acids is 1. The first-order chi connectivity index (χ1) is 15.8. The fraction of sp³-hybridized carbons (Fsp3) is 0.520. The molecule has 1 aliphatic carbocycles. The van der Waals surface area contributed by atoms with Gasteiger partial charge in [-0.15, -0.1) is 0 Å². The lowest BCUT2D eigenvalue weighted by molar-refractivity contribution is -0.122. The monoisotopic (exact) mass is 491 g/mol. The van der Waals surface area contributed by atoms with E-state index in [1.165, 1.54) is 18.2 Å². The van der Waals surface area contributed by atoms with Crippen LogP contribution in [0.4, 0.5) is 10.1 Å². The molecule has 1 aromatic heterocycles. The second-order valence-corrected chi connectivity index (χ2v) is 11.7. The third-order valence-electron chi connectivity index (χ3n) is 5.92. The highest BCUT2D eigenvalue weighted by atomic mass is 32.2. The molecule has 34 heavy (non-hydrogen) atoms. The van der Waals surface area contributed by atoms with Gasteiger partial charge in [-0.05, 0) is 56.4 Å². The number of hydrogen-bond donors (Lipinski definition) is 2. The molecule has 1 saturated carbocycles. The molecule has 1 atom stereocenters. The van der Waals surface area contributed by atoms with E-state index >= 15 is 0 Å². The zero-order valence-corrected chi connectivity index (χ0v) is 21.3. The van der Waals surface area contributed by atoms with Gasteiger partial charge in [-0.3, -0.25) is 9.52 Å². The van der Waals surface area contributed by atoms with E-state index in [4.69, 9.17) is 9.72 Å². The van der Waals surface area contributed by atoms with Gasteiger partial charge in [-0.25, -0.2) is 17.8 Å². The van der Waals surface area contributed by atoms with Gasteiger partial charge in [-0.1, -0.05) is 32.9 Å². The number of pyridine rings is 1. The topological polar surface area (TPSA) is 97.4 Å². The Balaban J connectivity index is 1.72. The molecule has 0 aliphatic heterocycles. The molecule has 1 unspecified atom stereocenters. The van der Waals surface area contributed by atoms with Crippen LogP contribution in [0.2, 0.25) is 0 Å². The van der Waals surface area contributed by atoms with Crippen LogP contribution in [0.3, 0.4) is 0 Å². The number of carbonyl (C=O) groups is 1. The normalized spacial score (nSPS) is 15.7. The summed E-state index contributed by atoms with van der Waals surface area (Å²) in [4.78, 5) is 17.6. The highest BCUT2D eigenvalue weighted by Gasteiger charge is 2.23. The van der Waals surface area contributed by atoms with Crippen LogP contribution in [0.25, 0.3) is 0 Å². The average molecular weight is 492 g/mol. The number of aromatic nitrogens is 1. The second-order valence-electron chi connectivity index (χ2n) is 9.99. The van der Waals surface area contributed by atoms with Gasteiger partial charge in [0.25, 0.3) is 0 Å². The number of hydrogen-bond acceptors (Lipinski definition) is 5. The van der Waals surface area contributed by atoms with Crippen LogP contribution in [0.15, 0.2) is 30.3 Å². The second kappa shape index (κ2) is 10.3. The van der Waals surface area contributed by atoms with Crippen LogP contribution < -0.4 is 14.8 Å². The molecule has 1 aliphatic rings. The van der Waals surface area contributed by atoms with Crippen LogP contribution in [0, 0.1) is 5.82 Å². The van der Waals surface area contributed by atoms with E-state index in [1.54, 1.807) is 6.92 Å². The van der Waals surface area contributed by atoms with Crippen molar-refractivity contribution >= 4 is 21.6 Å². The summed E-state index contributed by atoms with van der Waals surface area (Å²) in [6, 6.07) is 7.92. The van der Waals surface area contributed by atoms with Crippen molar-refractivity contribution in [3.8, 4) is 5.88 Å². The molecule has 1 aromatic carbocycles. The average Bonchev–Trinajstić information content (AvgIpc) is 3.25. The van der Waals surface area contributed by atoms with E-state index < -0.39 is 21.8 Å². The molecule has 1 fully saturated rings. The maximum Gasteiger partial charge on any atom is 0.229 e. The van der Waals surface area contributed by atoms with Crippen LogP contribution in [-0.2, 0) is 26.8 Å². The standard InChI is InChI=1S/C25H34FN3O4S/c1-16(17-10-12-21(20(26)14-17)29-34(5,31)32)23(30)27-15-18-11-13-22(25(2,3)4)28-24(18)33-19-8-6-7-9-19/h10-14,16,19,29H,6-9,15H2,1-5H3,(H,27,30). The lowest BCUT2D eigenvalue weighted by Crippen LogP contribution is -2.28. The fourth-order valence-corrected chi connectivity index (χ4v) is 4.42. The number of benzene rings is 1. The molecular formula is C25H34FN3O4S. The van der Waals surface area contributed by atoms with E-state index in [1.807, 2.05) is 12.1 Å². The van der Waals surface area contributed by atoms with Gasteiger partial charge in [-0.2, -0.15) is 0 Å². The molecule has 7 nitrogen and oxygen atoms in total. The Morgan fingerprint density at radius 3 is 2.47 bits per heavy atom. The van der Waals surface area contributed by atoms with Crippen LogP contribution in [0.1, 0.15) is 76.1 Å². The molecule has 0 radical (unpaired) electrons. The number of amides is 1. The van der Waals surface area contributed by atoms with Gasteiger partial charge in [0.2, 0.25) is 21.8 Å². The van der Waals surface area contributed by atoms with Gasteiger partial charge in [0.15, 0.2) is 0 Å². The predicted molar refractivity (Wildman–Crippen MR) is 131 cm³/mol. The van der Waals surface area contributed by atoms with E-state index in [0.717, 1.165) is 43.2 Å². The van der Waals surface area contributed by atoms with E-state index in [0.29, 0.717) is 11.4 Å². The zero-order chi connectivity index (χ0) is 25.1. The molecule has 2 aromatic rings. The summed E-state index contributed by atoms with van der Waals surface area (Å²) in [5, 5.41) is 2.90. The van der Waals surface area contributed by atoms with Crippen molar-refractivity contribution in [1.82, 2.24) is 10.3 Å². The Hall–Kier alpha value is -2.68. The third-order valence-corrected chi connectivity index (χ3v) is 6.51. The van der Waals surface area contributed by atoms with Crippen LogP contribution >= 0.6 is 0 Å². The third kappa shape index (κ3) is 6.91. The van der Waals surface area contributed by atoms with Gasteiger partial charge >= 0.3 is 0 Å². The summed E-state index contributed by atoms with van der Waals surface area (Å²) in [6.07, 6.45) is 5.37. The van der Waals surface area contributed by atoms with Crippen molar-refractivity contribution in [2.75, 3.05) is 11.0 Å². The summed E-state index contributed by atoms with van der Waals surface area (Å²) in [5.74, 6) is -1.11. The van der Waals surface area contributed by atoms with Gasteiger partial charge in [0.1, 0.15) is 11.9 Å². The minimum Gasteiger partial charge on any atom is -0.474 e. The molecule has 3 rings (SSSR count). The first kappa shape index (κ1) is 25.9. The van der Waals surface area contributed by atoms with Crippen LogP contribution in [-0.4, -0.2) is 31.7 Å². The van der Waals surface area contributed by atoms with Crippen molar-refractivity contribution in [2.45, 2.75) is 77.4 Å². The highest BCUT2D eigenvalue weighted by Crippen LogP contribution is 2.29. The zero-order valence-electron chi connectivity index (χ0n) is 20.4. The Morgan fingerprint density at radius 2 is 1.88 bits per heavy atom. The van der Waals surface area contributed by atoms with Crippen molar-refractivity contribution < 1.29 is 22.3 Å². The van der Waals surface area contributed by atoms with E-state index in [-0.39, 0.29) is 29.7 Å². The minimum absolute atomic E-state index is 0.133. The predicted octanol–water partition coefficient (Wildman–Crippen LogP) is 4.63. The summed E-state index contributed by atoms with van der Waals surface area (Å²) in [7, 11) is -3.60. The largest absolute Gasteiger partial charge is 0.474 e. The molecule has 1 amide bonds. The maximum absolute atomic E-state index is 14.4. The van der Waals surface area contributed by atoms with Crippen molar-refractivity contribution in [3.05, 3.63) is 53.0 Å². The first-order valence-electron chi connectivity index (χ1n) is 11.6. The Labute approximate surface area is 201 Å². The molecule has 0 saturated heterocycles. The summed E-state index contributed by atoms with van der Waals surface area (Å²) < 4.78 is 45.4. The lowest BCUT2D eigenvalue weighted by Gasteiger charge is -2.22. The van der Waals surface area contributed by atoms with Crippen LogP contribution in [0.5, 0.6) is 5.88 Å². The highest BCUT2D eigenvalue weighted by molar-refractivity contribution is 7.92. The van der Waals surface area contributed by atoms with Gasteiger partial charge in [0, 0.05) is 23.2 Å². The van der Waals surface area contributed by atoms with Gasteiger partial charge in [0.05, 0.1) is 17.9 Å². The van der Waals surface area contributed by atoms with Crippen molar-refractivity contribution in [2.24, 2.45) is 0 Å². The number of halogens is 1. The molecule has 0 bridgehead atoms. The molecule has 186 valence electrons. The van der Waals surface area contributed by atoms with E-state index in [9.17, 15) is 17.6 Å². The van der Waals surface area contributed by atoms with E-state index in [2.05, 4.69) is 30.8 Å². The number of nitrogens with zero attached hydrogens (tertiary/aromatic N) is 1. The minimum atomic E-state index is -3.60. The first-order valence-corrected chi connectivity index (χ1v) is 13.4. The Kier molecular flexibility index (Phi) is 7.85. The van der Waals surface area contributed by atoms with Crippen molar-refractivity contribution in [3.63, 3.8) is 0 Å². The summed E-state index contributed by atoms with van der Waals surface area (Å²) >= 11 is 0. The molecule has 9 heteroatoms. The number of sulfonamides is 1. The lowest BCUT2D eigenvalue weighted by atomic mass is 9.91. The smallest absolute Gasteiger partial charge is 0.229 e. The number of rotatable bonds is 8. The Morgan fingerprint density at radius 1 is 1.21 bits per heavy atom. The molecule has 0 spiro atoms. The summed E-state index contributed by atoms with van der Waals surface area (Å²) in [5.41, 5.74) is 1.86. The molecular weight excluding hydrogens is 457 g/mol. The number of ether oxygens (including phenoxy) is 1. The number of anilines is 1. The molecule has 2 N–H and O–H groups in total. The van der Waals surface area contributed by atoms with Crippen molar-refractivity contribution in [1.29, 1.82) is 0 Å². The SMILES string of the molecule is CC(C(=O)NCc1ccc(C(C)(C)C)nc1OC1CCCC1)c1ccc(NS(C)(=O)=O)c(F)c1.